The Morgan fingerprint density at radius 1 is 1.62 bits per heavy atom. The van der Waals surface area contributed by atoms with Crippen LogP contribution in [0.3, 0.4) is 0 Å². The van der Waals surface area contributed by atoms with Crippen LogP contribution in [0.2, 0.25) is 0 Å². The van der Waals surface area contributed by atoms with Crippen LogP contribution in [0.4, 0.5) is 8.78 Å². The van der Waals surface area contributed by atoms with Gasteiger partial charge in [0.05, 0.1) is 0 Å². The average Bonchev–Trinajstić information content (AvgIpc) is 1.25. The molecule has 0 saturated carbocycles. The predicted octanol–water partition coefficient (Wildman–Crippen LogP) is 1.50. The van der Waals surface area contributed by atoms with Gasteiger partial charge in [-0.25, -0.2) is 0 Å². The minimum absolute atomic E-state index is 0.424. The van der Waals surface area contributed by atoms with E-state index in [1.165, 1.54) is 0 Å². The molecule has 8 heavy (non-hydrogen) atoms. The van der Waals surface area contributed by atoms with Crippen LogP contribution in [0.15, 0.2) is 0 Å². The van der Waals surface area contributed by atoms with Gasteiger partial charge in [-0.2, -0.15) is 8.78 Å². The van der Waals surface area contributed by atoms with Crippen molar-refractivity contribution >= 4 is 7.37 Å². The van der Waals surface area contributed by atoms with Crippen molar-refractivity contribution < 1.29 is 18.2 Å². The summed E-state index contributed by atoms with van der Waals surface area (Å²) in [6.45, 7) is 1.06. The van der Waals surface area contributed by atoms with Crippen LogP contribution in [0.25, 0.3) is 0 Å². The van der Waals surface area contributed by atoms with Gasteiger partial charge in [0, 0.05) is 13.6 Å². The Balaban J connectivity index is 4.26. The van der Waals surface area contributed by atoms with E-state index in [9.17, 15) is 13.3 Å². The molecular formula is C3H7F2O2P. The van der Waals surface area contributed by atoms with Gasteiger partial charge in [-0.05, 0) is 0 Å². The van der Waals surface area contributed by atoms with E-state index in [2.05, 4.69) is 0 Å². The van der Waals surface area contributed by atoms with Gasteiger partial charge in [0.15, 0.2) is 0 Å². The first-order chi connectivity index (χ1) is 3.25. The highest BCUT2D eigenvalue weighted by molar-refractivity contribution is 7.58. The van der Waals surface area contributed by atoms with Crippen LogP contribution in [0, 0.1) is 0 Å². The monoisotopic (exact) mass is 144 g/mol. The maximum absolute atomic E-state index is 11.7. The third kappa shape index (κ3) is 1.88. The highest BCUT2D eigenvalue weighted by Crippen LogP contribution is 2.52. The van der Waals surface area contributed by atoms with Crippen molar-refractivity contribution in [2.24, 2.45) is 0 Å². The van der Waals surface area contributed by atoms with E-state index >= 15 is 0 Å². The van der Waals surface area contributed by atoms with Gasteiger partial charge in [-0.3, -0.25) is 4.57 Å². The first-order valence-electron chi connectivity index (χ1n) is 1.93. The summed E-state index contributed by atoms with van der Waals surface area (Å²) in [7, 11) is -4.18. The lowest BCUT2D eigenvalue weighted by Crippen LogP contribution is -2.08. The Morgan fingerprint density at radius 3 is 1.75 bits per heavy atom. The molecule has 1 atom stereocenters. The maximum atomic E-state index is 11.7. The lowest BCUT2D eigenvalue weighted by Gasteiger charge is -2.12. The Kier molecular flexibility index (Phi) is 1.79. The quantitative estimate of drug-likeness (QED) is 0.566. The summed E-state index contributed by atoms with van der Waals surface area (Å²) in [4.78, 5) is 8.16. The topological polar surface area (TPSA) is 37.3 Å². The summed E-state index contributed by atoms with van der Waals surface area (Å²) in [5.74, 6) is 0. The number of hydrogen-bond donors (Lipinski definition) is 1. The zero-order chi connectivity index (χ0) is 7.00. The first kappa shape index (κ1) is 8.05. The van der Waals surface area contributed by atoms with E-state index in [0.29, 0.717) is 13.6 Å². The van der Waals surface area contributed by atoms with E-state index in [4.69, 9.17) is 4.89 Å². The molecule has 0 rings (SSSR count). The Labute approximate surface area is 46.0 Å². The third-order valence-corrected chi connectivity index (χ3v) is 2.19. The van der Waals surface area contributed by atoms with Gasteiger partial charge in [0.2, 0.25) is 0 Å². The highest BCUT2D eigenvalue weighted by Gasteiger charge is 2.39. The molecule has 0 amide bonds. The molecule has 0 aliphatic rings. The van der Waals surface area contributed by atoms with Crippen molar-refractivity contribution in [3.05, 3.63) is 0 Å². The molecule has 0 bridgehead atoms. The molecule has 0 aliphatic carbocycles. The van der Waals surface area contributed by atoms with Crippen LogP contribution >= 0.6 is 7.37 Å². The zero-order valence-corrected chi connectivity index (χ0v) is 5.45. The summed E-state index contributed by atoms with van der Waals surface area (Å²) >= 11 is 0. The van der Waals surface area contributed by atoms with Crippen molar-refractivity contribution in [1.29, 1.82) is 0 Å². The number of rotatable bonds is 1. The molecule has 1 N–H and O–H groups in total. The Morgan fingerprint density at radius 2 is 1.75 bits per heavy atom. The fourth-order valence-corrected chi connectivity index (χ4v) is 0. The normalized spacial score (nSPS) is 20.1. The second-order valence-electron chi connectivity index (χ2n) is 1.72. The van der Waals surface area contributed by atoms with Crippen molar-refractivity contribution in [2.75, 3.05) is 6.66 Å². The average molecular weight is 144 g/mol. The van der Waals surface area contributed by atoms with Crippen LogP contribution in [-0.4, -0.2) is 17.2 Å². The lowest BCUT2D eigenvalue weighted by molar-refractivity contribution is 0.0989. The van der Waals surface area contributed by atoms with Gasteiger partial charge in [0.1, 0.15) is 0 Å². The van der Waals surface area contributed by atoms with Crippen molar-refractivity contribution in [3.8, 4) is 0 Å². The standard InChI is InChI=1S/C3H7F2O2P/c1-3(4,5)8(2,6)7/h1-2H3,(H,6,7). The number of hydrogen-bond acceptors (Lipinski definition) is 1. The van der Waals surface area contributed by atoms with E-state index in [-0.39, 0.29) is 0 Å². The molecule has 0 spiro atoms. The SMILES string of the molecule is CC(F)(F)P(C)(=O)O. The lowest BCUT2D eigenvalue weighted by atomic mass is 10.9. The second-order valence-corrected chi connectivity index (χ2v) is 4.26. The third-order valence-electron chi connectivity index (χ3n) is 0.729. The molecule has 0 fully saturated rings. The van der Waals surface area contributed by atoms with Crippen molar-refractivity contribution in [1.82, 2.24) is 0 Å². The maximum Gasteiger partial charge on any atom is 0.318 e. The van der Waals surface area contributed by atoms with Crippen LogP contribution in [0.5, 0.6) is 0 Å². The fourth-order valence-electron chi connectivity index (χ4n) is 0. The van der Waals surface area contributed by atoms with E-state index in [0.717, 1.165) is 0 Å². The highest BCUT2D eigenvalue weighted by atomic mass is 31.2. The van der Waals surface area contributed by atoms with Crippen LogP contribution in [-0.2, 0) is 4.57 Å². The largest absolute Gasteiger partial charge is 0.340 e. The molecule has 1 unspecified atom stereocenters. The second kappa shape index (κ2) is 1.78. The van der Waals surface area contributed by atoms with E-state index < -0.39 is 13.0 Å². The van der Waals surface area contributed by atoms with Crippen molar-refractivity contribution in [3.63, 3.8) is 0 Å². The van der Waals surface area contributed by atoms with Gasteiger partial charge < -0.3 is 4.89 Å². The fraction of sp³-hybridized carbons (Fsp3) is 1.00. The van der Waals surface area contributed by atoms with Gasteiger partial charge in [-0.1, -0.05) is 0 Å². The minimum Gasteiger partial charge on any atom is -0.340 e. The molecular weight excluding hydrogens is 137 g/mol. The van der Waals surface area contributed by atoms with Gasteiger partial charge in [-0.15, -0.1) is 0 Å². The summed E-state index contributed by atoms with van der Waals surface area (Å²) in [6, 6.07) is 0. The van der Waals surface area contributed by atoms with Gasteiger partial charge in [0.25, 0.3) is 7.37 Å². The van der Waals surface area contributed by atoms with Crippen LogP contribution < -0.4 is 0 Å². The van der Waals surface area contributed by atoms with Crippen molar-refractivity contribution in [2.45, 2.75) is 12.6 Å². The number of halogens is 2. The molecule has 0 aliphatic heterocycles. The van der Waals surface area contributed by atoms with E-state index in [1.54, 1.807) is 0 Å². The first-order valence-corrected chi connectivity index (χ1v) is 4.04. The predicted molar refractivity (Wildman–Crippen MR) is 26.4 cm³/mol. The van der Waals surface area contributed by atoms with E-state index in [1.807, 2.05) is 0 Å². The Hall–Kier alpha value is 0.0500. The van der Waals surface area contributed by atoms with Crippen LogP contribution in [0.1, 0.15) is 6.92 Å². The van der Waals surface area contributed by atoms with Gasteiger partial charge >= 0.3 is 5.66 Å². The Bertz CT molecular complexity index is 122. The molecule has 2 nitrogen and oxygen atoms in total. The number of alkyl halides is 2. The minimum atomic E-state index is -4.18. The molecule has 0 saturated heterocycles. The summed E-state index contributed by atoms with van der Waals surface area (Å²) in [6.07, 6.45) is 0. The molecule has 0 aromatic rings. The molecule has 0 radical (unpaired) electrons. The summed E-state index contributed by atoms with van der Waals surface area (Å²) in [5.41, 5.74) is -3.45. The molecule has 50 valence electrons. The summed E-state index contributed by atoms with van der Waals surface area (Å²) < 4.78 is 33.5. The summed E-state index contributed by atoms with van der Waals surface area (Å²) in [5, 5.41) is 0. The molecule has 0 aromatic carbocycles. The zero-order valence-electron chi connectivity index (χ0n) is 4.56. The molecule has 5 heteroatoms. The molecule has 0 aromatic heterocycles. The molecule has 0 heterocycles. The smallest absolute Gasteiger partial charge is 0.318 e.